The number of nitrogens with zero attached hydrogens (tertiary/aromatic N) is 2. The van der Waals surface area contributed by atoms with Crippen molar-refractivity contribution >= 4 is 16.1 Å². The van der Waals surface area contributed by atoms with E-state index < -0.39 is 21.9 Å². The predicted molar refractivity (Wildman–Crippen MR) is 96.3 cm³/mol. The molecule has 1 N–H and O–H groups in total. The third kappa shape index (κ3) is 4.98. The van der Waals surface area contributed by atoms with Gasteiger partial charge in [-0.15, -0.1) is 0 Å². The van der Waals surface area contributed by atoms with Crippen LogP contribution in [0.1, 0.15) is 35.4 Å². The molecule has 27 heavy (non-hydrogen) atoms. The number of halogens is 3. The van der Waals surface area contributed by atoms with Gasteiger partial charge in [-0.3, -0.25) is 4.68 Å². The number of fused-ring (bicyclic) bond motifs is 1. The molecule has 0 spiro atoms. The fourth-order valence-corrected chi connectivity index (χ4v) is 3.97. The summed E-state index contributed by atoms with van der Waals surface area (Å²) >= 11 is 0. The Morgan fingerprint density at radius 1 is 1.15 bits per heavy atom. The predicted octanol–water partition coefficient (Wildman–Crippen LogP) is 3.37. The highest BCUT2D eigenvalue weighted by Crippen LogP contribution is 2.35. The molecule has 146 valence electrons. The van der Waals surface area contributed by atoms with Gasteiger partial charge < -0.3 is 0 Å². The largest absolute Gasteiger partial charge is 0.435 e. The number of hydrogen-bond donors (Lipinski definition) is 1. The van der Waals surface area contributed by atoms with Gasteiger partial charge in [0.15, 0.2) is 5.69 Å². The fraction of sp³-hybridized carbons (Fsp3) is 0.389. The first-order valence-electron chi connectivity index (χ1n) is 8.65. The molecule has 0 atom stereocenters. The first kappa shape index (κ1) is 19.6. The average molecular weight is 399 g/mol. The summed E-state index contributed by atoms with van der Waals surface area (Å²) in [5, 5.41) is 4.76. The second kappa shape index (κ2) is 7.85. The SMILES string of the molecule is O=S(=O)(/C=C/c1ccccc1)NCCn1nc(C(F)(F)F)c2c1CCCC2. The molecule has 2 aromatic rings. The Balaban J connectivity index is 1.67. The van der Waals surface area contributed by atoms with E-state index in [4.69, 9.17) is 0 Å². The van der Waals surface area contributed by atoms with Crippen LogP contribution in [-0.4, -0.2) is 24.7 Å². The maximum absolute atomic E-state index is 13.2. The van der Waals surface area contributed by atoms with Gasteiger partial charge in [-0.2, -0.15) is 18.3 Å². The Bertz CT molecular complexity index is 919. The summed E-state index contributed by atoms with van der Waals surface area (Å²) in [6.45, 7) is 0.0176. The fourth-order valence-electron chi connectivity index (χ4n) is 3.16. The highest BCUT2D eigenvalue weighted by Gasteiger charge is 2.39. The van der Waals surface area contributed by atoms with Crippen LogP contribution < -0.4 is 4.72 Å². The van der Waals surface area contributed by atoms with E-state index in [0.29, 0.717) is 25.0 Å². The highest BCUT2D eigenvalue weighted by molar-refractivity contribution is 7.92. The van der Waals surface area contributed by atoms with Crippen LogP contribution in [0.5, 0.6) is 0 Å². The number of aromatic nitrogens is 2. The van der Waals surface area contributed by atoms with E-state index in [2.05, 4.69) is 9.82 Å². The normalized spacial score (nSPS) is 15.2. The molecule has 0 bridgehead atoms. The van der Waals surface area contributed by atoms with Gasteiger partial charge >= 0.3 is 6.18 Å². The minimum atomic E-state index is -4.50. The van der Waals surface area contributed by atoms with Gasteiger partial charge in [-0.25, -0.2) is 13.1 Å². The molecule has 1 aliphatic carbocycles. The Labute approximate surface area is 155 Å². The number of hydrogen-bond acceptors (Lipinski definition) is 3. The molecule has 1 heterocycles. The molecular weight excluding hydrogens is 379 g/mol. The lowest BCUT2D eigenvalue weighted by Gasteiger charge is -2.14. The molecule has 1 aromatic heterocycles. The lowest BCUT2D eigenvalue weighted by molar-refractivity contribution is -0.142. The summed E-state index contributed by atoms with van der Waals surface area (Å²) in [5.41, 5.74) is 0.705. The number of rotatable bonds is 6. The highest BCUT2D eigenvalue weighted by atomic mass is 32.2. The van der Waals surface area contributed by atoms with Crippen LogP contribution in [0.2, 0.25) is 0 Å². The second-order valence-electron chi connectivity index (χ2n) is 6.35. The summed E-state index contributed by atoms with van der Waals surface area (Å²) in [5.74, 6) is 0. The topological polar surface area (TPSA) is 64.0 Å². The van der Waals surface area contributed by atoms with Crippen LogP contribution in [0.15, 0.2) is 35.7 Å². The molecule has 0 saturated carbocycles. The first-order chi connectivity index (χ1) is 12.8. The molecule has 9 heteroatoms. The zero-order valence-electron chi connectivity index (χ0n) is 14.5. The van der Waals surface area contributed by atoms with E-state index in [1.165, 1.54) is 10.8 Å². The standard InChI is InChI=1S/C18H20F3N3O2S/c19-18(20,21)17-15-8-4-5-9-16(15)24(23-17)12-11-22-27(25,26)13-10-14-6-2-1-3-7-14/h1-3,6-7,10,13,22H,4-5,8-9,11-12H2/b13-10+. The van der Waals surface area contributed by atoms with Crippen molar-refractivity contribution in [1.82, 2.24) is 14.5 Å². The zero-order valence-corrected chi connectivity index (χ0v) is 15.4. The molecular formula is C18H20F3N3O2S. The van der Waals surface area contributed by atoms with Crippen molar-refractivity contribution in [2.24, 2.45) is 0 Å². The molecule has 0 fully saturated rings. The van der Waals surface area contributed by atoms with E-state index >= 15 is 0 Å². The summed E-state index contributed by atoms with van der Waals surface area (Å²) in [4.78, 5) is 0. The molecule has 3 rings (SSSR count). The third-order valence-corrected chi connectivity index (χ3v) is 5.49. The Morgan fingerprint density at radius 3 is 2.56 bits per heavy atom. The maximum Gasteiger partial charge on any atom is 0.435 e. The molecule has 5 nitrogen and oxygen atoms in total. The Morgan fingerprint density at radius 2 is 1.85 bits per heavy atom. The molecule has 1 aromatic carbocycles. The third-order valence-electron chi connectivity index (χ3n) is 4.39. The van der Waals surface area contributed by atoms with E-state index in [0.717, 1.165) is 17.4 Å². The van der Waals surface area contributed by atoms with Crippen molar-refractivity contribution in [3.63, 3.8) is 0 Å². The average Bonchev–Trinajstić information content (AvgIpc) is 3.00. The molecule has 0 saturated heterocycles. The van der Waals surface area contributed by atoms with E-state index in [1.54, 1.807) is 24.3 Å². The Hall–Kier alpha value is -2.13. The van der Waals surface area contributed by atoms with Crippen molar-refractivity contribution in [3.05, 3.63) is 58.3 Å². The van der Waals surface area contributed by atoms with E-state index in [1.807, 2.05) is 6.07 Å². The van der Waals surface area contributed by atoms with E-state index in [-0.39, 0.29) is 18.7 Å². The van der Waals surface area contributed by atoms with Crippen molar-refractivity contribution in [2.45, 2.75) is 38.4 Å². The van der Waals surface area contributed by atoms with Crippen LogP contribution in [0.4, 0.5) is 13.2 Å². The van der Waals surface area contributed by atoms with Gasteiger partial charge in [0.2, 0.25) is 10.0 Å². The molecule has 0 radical (unpaired) electrons. The molecule has 0 unspecified atom stereocenters. The van der Waals surface area contributed by atoms with Crippen LogP contribution in [-0.2, 0) is 35.6 Å². The van der Waals surface area contributed by atoms with Gasteiger partial charge in [-0.1, -0.05) is 30.3 Å². The maximum atomic E-state index is 13.2. The summed E-state index contributed by atoms with van der Waals surface area (Å²) in [6.07, 6.45) is -0.639. The van der Waals surface area contributed by atoms with Crippen molar-refractivity contribution in [1.29, 1.82) is 0 Å². The van der Waals surface area contributed by atoms with Gasteiger partial charge in [0.1, 0.15) is 0 Å². The van der Waals surface area contributed by atoms with Crippen molar-refractivity contribution in [3.8, 4) is 0 Å². The molecule has 0 aliphatic heterocycles. The quantitative estimate of drug-likeness (QED) is 0.810. The number of alkyl halides is 3. The lowest BCUT2D eigenvalue weighted by Crippen LogP contribution is -2.26. The van der Waals surface area contributed by atoms with Gasteiger partial charge in [0, 0.05) is 23.2 Å². The van der Waals surface area contributed by atoms with Crippen molar-refractivity contribution in [2.75, 3.05) is 6.54 Å². The monoisotopic (exact) mass is 399 g/mol. The summed E-state index contributed by atoms with van der Waals surface area (Å²) in [6, 6.07) is 8.93. The minimum absolute atomic E-state index is 0.0348. The van der Waals surface area contributed by atoms with Crippen LogP contribution >= 0.6 is 0 Å². The summed E-state index contributed by atoms with van der Waals surface area (Å²) in [7, 11) is -3.69. The van der Waals surface area contributed by atoms with Crippen LogP contribution in [0.3, 0.4) is 0 Å². The van der Waals surface area contributed by atoms with E-state index in [9.17, 15) is 21.6 Å². The molecule has 0 amide bonds. The van der Waals surface area contributed by atoms with Gasteiger partial charge in [-0.05, 0) is 37.3 Å². The van der Waals surface area contributed by atoms with Crippen LogP contribution in [0, 0.1) is 0 Å². The lowest BCUT2D eigenvalue weighted by atomic mass is 9.95. The van der Waals surface area contributed by atoms with Crippen molar-refractivity contribution < 1.29 is 21.6 Å². The zero-order chi connectivity index (χ0) is 19.5. The Kier molecular flexibility index (Phi) is 5.71. The number of nitrogens with one attached hydrogen (secondary N) is 1. The minimum Gasteiger partial charge on any atom is -0.267 e. The smallest absolute Gasteiger partial charge is 0.267 e. The van der Waals surface area contributed by atoms with Gasteiger partial charge in [0.05, 0.1) is 6.54 Å². The molecule has 1 aliphatic rings. The summed E-state index contributed by atoms with van der Waals surface area (Å²) < 4.78 is 67.2. The first-order valence-corrected chi connectivity index (χ1v) is 10.2. The second-order valence-corrected chi connectivity index (χ2v) is 8.01. The number of sulfonamides is 1. The van der Waals surface area contributed by atoms with Crippen LogP contribution in [0.25, 0.3) is 6.08 Å². The van der Waals surface area contributed by atoms with Gasteiger partial charge in [0.25, 0.3) is 0 Å². The number of benzene rings is 1.